The first-order chi connectivity index (χ1) is 14.9. The summed E-state index contributed by atoms with van der Waals surface area (Å²) in [4.78, 5) is 26.2. The van der Waals surface area contributed by atoms with Crippen LogP contribution in [-0.4, -0.2) is 32.6 Å². The number of carbonyl (C=O) groups is 2. The zero-order valence-electron chi connectivity index (χ0n) is 17.7. The van der Waals surface area contributed by atoms with Crippen LogP contribution in [0.25, 0.3) is 5.70 Å². The third-order valence-electron chi connectivity index (χ3n) is 5.52. The second-order valence-electron chi connectivity index (χ2n) is 7.22. The lowest BCUT2D eigenvalue weighted by Crippen LogP contribution is -2.29. The van der Waals surface area contributed by atoms with Crippen LogP contribution in [0.3, 0.4) is 0 Å². The summed E-state index contributed by atoms with van der Waals surface area (Å²) < 4.78 is 16.2. The molecule has 0 spiro atoms. The number of halogens is 1. The topological polar surface area (TPSA) is 73.9 Å². The molecule has 6 nitrogen and oxygen atoms in total. The van der Waals surface area contributed by atoms with Gasteiger partial charge in [-0.2, -0.15) is 0 Å². The number of hydrogen-bond donors (Lipinski definition) is 1. The summed E-state index contributed by atoms with van der Waals surface area (Å²) in [6.45, 7) is 4.05. The molecule has 160 valence electrons. The zero-order valence-corrected chi connectivity index (χ0v) is 18.4. The lowest BCUT2D eigenvalue weighted by atomic mass is 9.79. The number of dihydropyridines is 1. The van der Waals surface area contributed by atoms with E-state index >= 15 is 0 Å². The van der Waals surface area contributed by atoms with Gasteiger partial charge in [0.1, 0.15) is 0 Å². The van der Waals surface area contributed by atoms with Crippen molar-refractivity contribution in [2.45, 2.75) is 19.8 Å². The van der Waals surface area contributed by atoms with Crippen molar-refractivity contribution in [2.24, 2.45) is 0 Å². The smallest absolute Gasteiger partial charge is 0.336 e. The van der Waals surface area contributed by atoms with E-state index in [4.69, 9.17) is 25.8 Å². The summed E-state index contributed by atoms with van der Waals surface area (Å²) in [5.74, 6) is -0.488. The molecule has 1 heterocycles. The van der Waals surface area contributed by atoms with Crippen LogP contribution in [0.5, 0.6) is 11.5 Å². The molecule has 31 heavy (non-hydrogen) atoms. The summed E-state index contributed by atoms with van der Waals surface area (Å²) in [5, 5.41) is 3.58. The molecule has 0 fully saturated rings. The number of esters is 1. The molecule has 1 aliphatic heterocycles. The number of carbonyl (C=O) groups excluding carboxylic acids is 2. The monoisotopic (exact) mass is 439 g/mol. The number of benzene rings is 2. The predicted molar refractivity (Wildman–Crippen MR) is 117 cm³/mol. The molecule has 7 heteroatoms. The van der Waals surface area contributed by atoms with Gasteiger partial charge in [0.15, 0.2) is 17.3 Å². The van der Waals surface area contributed by atoms with Gasteiger partial charge in [-0.3, -0.25) is 4.79 Å². The zero-order chi connectivity index (χ0) is 22.3. The second kappa shape index (κ2) is 8.12. The highest BCUT2D eigenvalue weighted by Gasteiger charge is 2.43. The van der Waals surface area contributed by atoms with Crippen LogP contribution in [0.2, 0.25) is 5.02 Å². The number of allylic oxidation sites excluding steroid dienone is 2. The van der Waals surface area contributed by atoms with Gasteiger partial charge in [0.05, 0.1) is 37.1 Å². The lowest BCUT2D eigenvalue weighted by Gasteiger charge is -2.29. The first-order valence-corrected chi connectivity index (χ1v) is 10.2. The molecule has 0 saturated carbocycles. The summed E-state index contributed by atoms with van der Waals surface area (Å²) >= 11 is 6.50. The molecule has 2 aromatic rings. The molecule has 1 aliphatic carbocycles. The maximum Gasteiger partial charge on any atom is 0.336 e. The van der Waals surface area contributed by atoms with Gasteiger partial charge in [-0.15, -0.1) is 0 Å². The minimum absolute atomic E-state index is 0.137. The Morgan fingerprint density at radius 2 is 1.87 bits per heavy atom. The third kappa shape index (κ3) is 3.27. The van der Waals surface area contributed by atoms with Crippen molar-refractivity contribution in [1.82, 2.24) is 5.32 Å². The molecule has 0 amide bonds. The number of ketones is 1. The van der Waals surface area contributed by atoms with Crippen molar-refractivity contribution >= 4 is 29.1 Å². The Bertz CT molecular complexity index is 1160. The molecular weight excluding hydrogens is 418 g/mol. The number of rotatable bonds is 5. The summed E-state index contributed by atoms with van der Waals surface area (Å²) in [6.07, 6.45) is 0. The van der Waals surface area contributed by atoms with E-state index in [1.165, 1.54) is 14.2 Å². The minimum Gasteiger partial charge on any atom is -0.491 e. The number of hydrogen-bond acceptors (Lipinski definition) is 6. The van der Waals surface area contributed by atoms with Gasteiger partial charge in [-0.25, -0.2) is 4.79 Å². The maximum atomic E-state index is 13.4. The highest BCUT2D eigenvalue weighted by molar-refractivity contribution is 6.32. The molecule has 4 rings (SSSR count). The van der Waals surface area contributed by atoms with E-state index < -0.39 is 11.9 Å². The molecule has 0 aromatic heterocycles. The largest absolute Gasteiger partial charge is 0.491 e. The van der Waals surface area contributed by atoms with E-state index in [0.717, 1.165) is 5.56 Å². The van der Waals surface area contributed by atoms with E-state index in [-0.39, 0.29) is 5.78 Å². The number of methoxy groups -OCH3 is 2. The molecule has 0 radical (unpaired) electrons. The highest BCUT2D eigenvalue weighted by Crippen LogP contribution is 2.49. The van der Waals surface area contributed by atoms with E-state index in [2.05, 4.69) is 5.32 Å². The van der Waals surface area contributed by atoms with Crippen molar-refractivity contribution in [3.8, 4) is 11.5 Å². The van der Waals surface area contributed by atoms with Crippen LogP contribution in [0.15, 0.2) is 53.2 Å². The Morgan fingerprint density at radius 3 is 2.52 bits per heavy atom. The van der Waals surface area contributed by atoms with Gasteiger partial charge in [-0.05, 0) is 31.5 Å². The lowest BCUT2D eigenvalue weighted by molar-refractivity contribution is -0.136. The minimum atomic E-state index is -0.675. The van der Waals surface area contributed by atoms with Gasteiger partial charge in [0, 0.05) is 28.3 Å². The Kier molecular flexibility index (Phi) is 5.50. The van der Waals surface area contributed by atoms with Gasteiger partial charge >= 0.3 is 5.97 Å². The van der Waals surface area contributed by atoms with E-state index in [9.17, 15) is 9.59 Å². The second-order valence-corrected chi connectivity index (χ2v) is 7.63. The van der Waals surface area contributed by atoms with Crippen LogP contribution < -0.4 is 14.8 Å². The van der Waals surface area contributed by atoms with Crippen LogP contribution in [0, 0.1) is 0 Å². The average molecular weight is 440 g/mol. The third-order valence-corrected chi connectivity index (χ3v) is 5.80. The standard InChI is InChI=1S/C24H22ClNO5/c1-5-31-17-11-13(10-16(25)23(17)29-3)19-18(24(28)30-4)12(2)26-21-14-8-6-7-9-15(14)22(27)20(19)21/h6-11,19,26H,5H2,1-4H3/t19-/m0/s1. The van der Waals surface area contributed by atoms with Gasteiger partial charge in [0.25, 0.3) is 0 Å². The van der Waals surface area contributed by atoms with Crippen molar-refractivity contribution in [1.29, 1.82) is 0 Å². The van der Waals surface area contributed by atoms with E-state index in [0.29, 0.717) is 56.8 Å². The van der Waals surface area contributed by atoms with Crippen molar-refractivity contribution in [3.05, 3.63) is 75.0 Å². The number of ether oxygens (including phenoxy) is 3. The van der Waals surface area contributed by atoms with Crippen molar-refractivity contribution < 1.29 is 23.8 Å². The fourth-order valence-electron chi connectivity index (χ4n) is 4.26. The molecule has 1 atom stereocenters. The van der Waals surface area contributed by atoms with Gasteiger partial charge < -0.3 is 19.5 Å². The SMILES string of the molecule is CCOc1cc([C@H]2C(C(=O)OC)=C(C)NC3=C2C(=O)c2ccccc23)cc(Cl)c1OC. The Labute approximate surface area is 185 Å². The predicted octanol–water partition coefficient (Wildman–Crippen LogP) is 4.49. The van der Waals surface area contributed by atoms with Crippen LogP contribution >= 0.6 is 11.6 Å². The molecule has 0 unspecified atom stereocenters. The van der Waals surface area contributed by atoms with Gasteiger partial charge in [-0.1, -0.05) is 35.9 Å². The summed E-state index contributed by atoms with van der Waals surface area (Å²) in [7, 11) is 2.83. The average Bonchev–Trinajstić information content (AvgIpc) is 3.04. The van der Waals surface area contributed by atoms with Gasteiger partial charge in [0.2, 0.25) is 0 Å². The molecule has 2 aromatic carbocycles. The molecule has 0 saturated heterocycles. The fourth-order valence-corrected chi connectivity index (χ4v) is 4.55. The van der Waals surface area contributed by atoms with Crippen LogP contribution in [0.1, 0.15) is 41.3 Å². The number of nitrogens with one attached hydrogen (secondary N) is 1. The maximum absolute atomic E-state index is 13.4. The van der Waals surface area contributed by atoms with Crippen LogP contribution in [0.4, 0.5) is 0 Å². The molecule has 1 N–H and O–H groups in total. The summed E-state index contributed by atoms with van der Waals surface area (Å²) in [6, 6.07) is 10.8. The molecular formula is C24H22ClNO5. The number of Topliss-reactive ketones (excluding diaryl/α,β-unsaturated/α-hetero) is 1. The summed E-state index contributed by atoms with van der Waals surface area (Å²) in [5.41, 5.74) is 4.19. The Balaban J connectivity index is 1.97. The quantitative estimate of drug-likeness (QED) is 0.692. The van der Waals surface area contributed by atoms with Crippen molar-refractivity contribution in [3.63, 3.8) is 0 Å². The van der Waals surface area contributed by atoms with Crippen LogP contribution in [-0.2, 0) is 9.53 Å². The highest BCUT2D eigenvalue weighted by atomic mass is 35.5. The van der Waals surface area contributed by atoms with E-state index in [1.807, 2.05) is 25.1 Å². The van der Waals surface area contributed by atoms with E-state index in [1.54, 1.807) is 25.1 Å². The number of fused-ring (bicyclic) bond motifs is 2. The Hall–Kier alpha value is -3.25. The first kappa shape index (κ1) is 21.0. The normalized spacial score (nSPS) is 17.2. The Morgan fingerprint density at radius 1 is 1.16 bits per heavy atom. The molecule has 2 aliphatic rings. The fraction of sp³-hybridized carbons (Fsp3) is 0.250. The molecule has 0 bridgehead atoms. The van der Waals surface area contributed by atoms with Crippen molar-refractivity contribution in [2.75, 3.05) is 20.8 Å². The first-order valence-electron chi connectivity index (χ1n) is 9.87.